The van der Waals surface area contributed by atoms with E-state index in [2.05, 4.69) is 10.1 Å². The fourth-order valence-electron chi connectivity index (χ4n) is 2.37. The number of hydrogen-bond acceptors (Lipinski definition) is 5. The molecule has 0 aliphatic rings. The van der Waals surface area contributed by atoms with E-state index in [1.54, 1.807) is 37.4 Å². The van der Waals surface area contributed by atoms with Gasteiger partial charge in [-0.1, -0.05) is 18.2 Å². The zero-order valence-electron chi connectivity index (χ0n) is 14.5. The van der Waals surface area contributed by atoms with Gasteiger partial charge in [0.2, 0.25) is 5.91 Å². The lowest BCUT2D eigenvalue weighted by Gasteiger charge is -2.16. The van der Waals surface area contributed by atoms with Crippen LogP contribution in [0.2, 0.25) is 0 Å². The first-order chi connectivity index (χ1) is 12.4. The molecule has 7 heteroatoms. The average molecular weight is 356 g/mol. The van der Waals surface area contributed by atoms with Gasteiger partial charge in [-0.3, -0.25) is 9.59 Å². The summed E-state index contributed by atoms with van der Waals surface area (Å²) in [6.45, 7) is 0. The lowest BCUT2D eigenvalue weighted by atomic mass is 10.0. The van der Waals surface area contributed by atoms with E-state index in [1.165, 1.54) is 25.3 Å². The number of esters is 1. The van der Waals surface area contributed by atoms with Gasteiger partial charge in [0.25, 0.3) is 5.91 Å². The van der Waals surface area contributed by atoms with Gasteiger partial charge < -0.3 is 20.5 Å². The minimum Gasteiger partial charge on any atom is -0.497 e. The van der Waals surface area contributed by atoms with Crippen molar-refractivity contribution >= 4 is 17.8 Å². The van der Waals surface area contributed by atoms with E-state index >= 15 is 0 Å². The first-order valence-electron chi connectivity index (χ1n) is 7.86. The standard InChI is InChI=1S/C19H20N2O5/c1-25-15-8-6-12(7-9-15)10-16(17(20)22)21-18(23)13-4-3-5-14(11-13)19(24)26-2/h3-9,11,16H,10H2,1-2H3,(H2,20,22)(H,21,23)/t16-/m1/s1. The van der Waals surface area contributed by atoms with Crippen LogP contribution in [-0.2, 0) is 16.0 Å². The van der Waals surface area contributed by atoms with Crippen molar-refractivity contribution in [2.45, 2.75) is 12.5 Å². The molecule has 0 heterocycles. The Morgan fingerprint density at radius 3 is 2.27 bits per heavy atom. The number of carbonyl (C=O) groups is 3. The SMILES string of the molecule is COC(=O)c1cccc(C(=O)N[C@H](Cc2ccc(OC)cc2)C(N)=O)c1. The number of benzene rings is 2. The molecule has 136 valence electrons. The first-order valence-corrected chi connectivity index (χ1v) is 7.86. The Kier molecular flexibility index (Phi) is 6.32. The van der Waals surface area contributed by atoms with Gasteiger partial charge >= 0.3 is 5.97 Å². The van der Waals surface area contributed by atoms with Crippen molar-refractivity contribution < 1.29 is 23.9 Å². The smallest absolute Gasteiger partial charge is 0.337 e. The van der Waals surface area contributed by atoms with Crippen LogP contribution in [0.1, 0.15) is 26.3 Å². The highest BCUT2D eigenvalue weighted by atomic mass is 16.5. The van der Waals surface area contributed by atoms with Gasteiger partial charge in [-0.2, -0.15) is 0 Å². The van der Waals surface area contributed by atoms with E-state index in [0.717, 1.165) is 5.56 Å². The van der Waals surface area contributed by atoms with Gasteiger partial charge in [-0.15, -0.1) is 0 Å². The summed E-state index contributed by atoms with van der Waals surface area (Å²) in [7, 11) is 2.82. The number of rotatable bonds is 7. The van der Waals surface area contributed by atoms with Crippen LogP contribution in [-0.4, -0.2) is 38.0 Å². The summed E-state index contributed by atoms with van der Waals surface area (Å²) in [5.41, 5.74) is 6.70. The quantitative estimate of drug-likeness (QED) is 0.727. The minimum absolute atomic E-state index is 0.230. The van der Waals surface area contributed by atoms with E-state index in [4.69, 9.17) is 10.5 Å². The summed E-state index contributed by atoms with van der Waals surface area (Å²) in [6.07, 6.45) is 0.238. The van der Waals surface area contributed by atoms with Gasteiger partial charge in [-0.05, 0) is 35.9 Å². The Hall–Kier alpha value is -3.35. The minimum atomic E-state index is -0.891. The molecule has 2 aromatic rings. The van der Waals surface area contributed by atoms with Crippen LogP contribution in [0.4, 0.5) is 0 Å². The molecule has 2 aromatic carbocycles. The Balaban J connectivity index is 2.12. The number of primary amides is 1. The lowest BCUT2D eigenvalue weighted by molar-refractivity contribution is -0.119. The van der Waals surface area contributed by atoms with Crippen LogP contribution in [0.3, 0.4) is 0 Å². The molecule has 0 unspecified atom stereocenters. The van der Waals surface area contributed by atoms with Crippen molar-refractivity contribution in [3.05, 3.63) is 65.2 Å². The zero-order valence-corrected chi connectivity index (χ0v) is 14.5. The molecule has 2 rings (SSSR count). The van der Waals surface area contributed by atoms with E-state index < -0.39 is 23.8 Å². The topological polar surface area (TPSA) is 108 Å². The Morgan fingerprint density at radius 1 is 1.04 bits per heavy atom. The average Bonchev–Trinajstić information content (AvgIpc) is 2.67. The predicted molar refractivity (Wildman–Crippen MR) is 94.9 cm³/mol. The fourth-order valence-corrected chi connectivity index (χ4v) is 2.37. The van der Waals surface area contributed by atoms with Crippen LogP contribution in [0.25, 0.3) is 0 Å². The Labute approximate surface area is 151 Å². The van der Waals surface area contributed by atoms with Crippen molar-refractivity contribution in [2.75, 3.05) is 14.2 Å². The summed E-state index contributed by atoms with van der Waals surface area (Å²) in [6, 6.07) is 12.2. The van der Waals surface area contributed by atoms with Crippen LogP contribution >= 0.6 is 0 Å². The largest absolute Gasteiger partial charge is 0.497 e. The van der Waals surface area contributed by atoms with E-state index in [9.17, 15) is 14.4 Å². The predicted octanol–water partition coefficient (Wildman–Crippen LogP) is 1.31. The van der Waals surface area contributed by atoms with E-state index in [-0.39, 0.29) is 17.5 Å². The summed E-state index contributed by atoms with van der Waals surface area (Å²) in [4.78, 5) is 35.7. The molecule has 7 nitrogen and oxygen atoms in total. The molecule has 0 radical (unpaired) electrons. The molecule has 0 saturated heterocycles. The summed E-state index contributed by atoms with van der Waals surface area (Å²) < 4.78 is 9.72. The van der Waals surface area contributed by atoms with Crippen LogP contribution < -0.4 is 15.8 Å². The van der Waals surface area contributed by atoms with Gasteiger partial charge in [0.05, 0.1) is 19.8 Å². The maximum Gasteiger partial charge on any atom is 0.337 e. The monoisotopic (exact) mass is 356 g/mol. The molecule has 0 spiro atoms. The number of ether oxygens (including phenoxy) is 2. The maximum atomic E-state index is 12.4. The molecule has 3 N–H and O–H groups in total. The second-order valence-electron chi connectivity index (χ2n) is 5.55. The van der Waals surface area contributed by atoms with Crippen molar-refractivity contribution in [3.8, 4) is 5.75 Å². The molecular formula is C19H20N2O5. The van der Waals surface area contributed by atoms with Crippen molar-refractivity contribution in [2.24, 2.45) is 5.73 Å². The molecule has 0 bridgehead atoms. The van der Waals surface area contributed by atoms with Crippen LogP contribution in [0.15, 0.2) is 48.5 Å². The van der Waals surface area contributed by atoms with Crippen LogP contribution in [0.5, 0.6) is 5.75 Å². The van der Waals surface area contributed by atoms with Crippen molar-refractivity contribution in [1.82, 2.24) is 5.32 Å². The molecule has 1 atom stereocenters. The Bertz CT molecular complexity index is 802. The van der Waals surface area contributed by atoms with Gasteiger partial charge in [0.15, 0.2) is 0 Å². The second-order valence-corrected chi connectivity index (χ2v) is 5.55. The molecular weight excluding hydrogens is 336 g/mol. The number of carbonyl (C=O) groups excluding carboxylic acids is 3. The number of hydrogen-bond donors (Lipinski definition) is 2. The number of nitrogens with one attached hydrogen (secondary N) is 1. The molecule has 0 aliphatic carbocycles. The third-order valence-electron chi connectivity index (χ3n) is 3.79. The van der Waals surface area contributed by atoms with E-state index in [0.29, 0.717) is 5.75 Å². The third-order valence-corrected chi connectivity index (χ3v) is 3.79. The fraction of sp³-hybridized carbons (Fsp3) is 0.211. The summed E-state index contributed by atoms with van der Waals surface area (Å²) in [5, 5.41) is 2.60. The Morgan fingerprint density at radius 2 is 1.69 bits per heavy atom. The van der Waals surface area contributed by atoms with Gasteiger partial charge in [-0.25, -0.2) is 4.79 Å². The molecule has 0 aromatic heterocycles. The highest BCUT2D eigenvalue weighted by molar-refractivity contribution is 5.99. The third kappa shape index (κ3) is 4.83. The molecule has 0 aliphatic heterocycles. The normalized spacial score (nSPS) is 11.3. The first kappa shape index (κ1) is 19.0. The zero-order chi connectivity index (χ0) is 19.1. The van der Waals surface area contributed by atoms with Gasteiger partial charge in [0.1, 0.15) is 11.8 Å². The van der Waals surface area contributed by atoms with E-state index in [1.807, 2.05) is 0 Å². The summed E-state index contributed by atoms with van der Waals surface area (Å²) >= 11 is 0. The van der Waals surface area contributed by atoms with Crippen molar-refractivity contribution in [3.63, 3.8) is 0 Å². The highest BCUT2D eigenvalue weighted by Crippen LogP contribution is 2.13. The number of nitrogens with two attached hydrogens (primary N) is 1. The number of methoxy groups -OCH3 is 2. The lowest BCUT2D eigenvalue weighted by Crippen LogP contribution is -2.45. The molecule has 0 saturated carbocycles. The molecule has 0 fully saturated rings. The highest BCUT2D eigenvalue weighted by Gasteiger charge is 2.20. The van der Waals surface area contributed by atoms with Crippen LogP contribution in [0, 0.1) is 0 Å². The second kappa shape index (κ2) is 8.66. The molecule has 26 heavy (non-hydrogen) atoms. The van der Waals surface area contributed by atoms with Gasteiger partial charge in [0, 0.05) is 12.0 Å². The van der Waals surface area contributed by atoms with Crippen molar-refractivity contribution in [1.29, 1.82) is 0 Å². The number of amides is 2. The summed E-state index contributed by atoms with van der Waals surface area (Å²) in [5.74, 6) is -1.02. The molecule has 2 amide bonds. The maximum absolute atomic E-state index is 12.4.